The van der Waals surface area contributed by atoms with E-state index in [0.29, 0.717) is 12.4 Å². The van der Waals surface area contributed by atoms with Gasteiger partial charge in [-0.1, -0.05) is 30.3 Å². The predicted octanol–water partition coefficient (Wildman–Crippen LogP) is 2.95. The third kappa shape index (κ3) is 2.62. The molecule has 1 aromatic heterocycles. The summed E-state index contributed by atoms with van der Waals surface area (Å²) in [5.74, 6) is 1.63. The molecule has 0 radical (unpaired) electrons. The lowest BCUT2D eigenvalue weighted by molar-refractivity contribution is 0.278. The van der Waals surface area contributed by atoms with Crippen LogP contribution < -0.4 is 4.74 Å². The molecule has 0 saturated heterocycles. The van der Waals surface area contributed by atoms with E-state index in [2.05, 4.69) is 4.98 Å². The fourth-order valence-electron chi connectivity index (χ4n) is 2.36. The number of aryl methyl sites for hydroxylation is 2. The standard InChI is InChI=1S/C17H18N2O2/c1-12-18-17-15(19(12)2)8-14(10-20)9-16(17)21-11-13-6-4-3-5-7-13/h3-9,20H,10-11H2,1-2H3. The van der Waals surface area contributed by atoms with Crippen molar-refractivity contribution in [2.24, 2.45) is 7.05 Å². The lowest BCUT2D eigenvalue weighted by atomic mass is 10.2. The van der Waals surface area contributed by atoms with Gasteiger partial charge >= 0.3 is 0 Å². The molecule has 0 saturated carbocycles. The van der Waals surface area contributed by atoms with Crippen molar-refractivity contribution in [3.8, 4) is 5.75 Å². The molecule has 2 aromatic carbocycles. The highest BCUT2D eigenvalue weighted by atomic mass is 16.5. The molecule has 0 spiro atoms. The second-order valence-electron chi connectivity index (χ2n) is 5.11. The maximum Gasteiger partial charge on any atom is 0.148 e. The molecule has 0 fully saturated rings. The van der Waals surface area contributed by atoms with Gasteiger partial charge in [0.1, 0.15) is 23.7 Å². The van der Waals surface area contributed by atoms with Crippen molar-refractivity contribution in [3.05, 3.63) is 59.4 Å². The van der Waals surface area contributed by atoms with Gasteiger partial charge in [0.2, 0.25) is 0 Å². The molecular formula is C17H18N2O2. The molecule has 0 bridgehead atoms. The Morgan fingerprint density at radius 3 is 2.62 bits per heavy atom. The molecule has 0 aliphatic rings. The molecule has 0 amide bonds. The second-order valence-corrected chi connectivity index (χ2v) is 5.11. The summed E-state index contributed by atoms with van der Waals surface area (Å²) in [4.78, 5) is 4.56. The highest BCUT2D eigenvalue weighted by Crippen LogP contribution is 2.28. The number of nitrogens with zero attached hydrogens (tertiary/aromatic N) is 2. The van der Waals surface area contributed by atoms with Gasteiger partial charge in [0.15, 0.2) is 0 Å². The third-order valence-corrected chi connectivity index (χ3v) is 3.65. The molecule has 3 aromatic rings. The fraction of sp³-hybridized carbons (Fsp3) is 0.235. The van der Waals surface area contributed by atoms with Gasteiger partial charge in [0.25, 0.3) is 0 Å². The van der Waals surface area contributed by atoms with E-state index >= 15 is 0 Å². The zero-order chi connectivity index (χ0) is 14.8. The number of imidazole rings is 1. The SMILES string of the molecule is Cc1nc2c(OCc3ccccc3)cc(CO)cc2n1C. The van der Waals surface area contributed by atoms with E-state index in [4.69, 9.17) is 4.74 Å². The average molecular weight is 282 g/mol. The summed E-state index contributed by atoms with van der Waals surface area (Å²) in [7, 11) is 1.97. The van der Waals surface area contributed by atoms with Gasteiger partial charge in [-0.25, -0.2) is 4.98 Å². The van der Waals surface area contributed by atoms with E-state index in [1.165, 1.54) is 0 Å². The zero-order valence-electron chi connectivity index (χ0n) is 12.2. The van der Waals surface area contributed by atoms with E-state index < -0.39 is 0 Å². The Morgan fingerprint density at radius 1 is 1.14 bits per heavy atom. The van der Waals surface area contributed by atoms with Crippen LogP contribution in [0.1, 0.15) is 17.0 Å². The normalized spacial score (nSPS) is 11.0. The van der Waals surface area contributed by atoms with E-state index in [9.17, 15) is 5.11 Å². The van der Waals surface area contributed by atoms with E-state index in [1.54, 1.807) is 0 Å². The quantitative estimate of drug-likeness (QED) is 0.800. The number of hydrogen-bond donors (Lipinski definition) is 1. The van der Waals surface area contributed by atoms with Crippen molar-refractivity contribution in [2.75, 3.05) is 0 Å². The monoisotopic (exact) mass is 282 g/mol. The van der Waals surface area contributed by atoms with Crippen molar-refractivity contribution in [3.63, 3.8) is 0 Å². The number of ether oxygens (including phenoxy) is 1. The molecule has 4 nitrogen and oxygen atoms in total. The van der Waals surface area contributed by atoms with E-state index in [-0.39, 0.29) is 6.61 Å². The zero-order valence-corrected chi connectivity index (χ0v) is 12.2. The summed E-state index contributed by atoms with van der Waals surface area (Å²) in [6, 6.07) is 13.8. The Labute approximate surface area is 123 Å². The van der Waals surface area contributed by atoms with E-state index in [1.807, 2.05) is 61.0 Å². The van der Waals surface area contributed by atoms with Gasteiger partial charge in [0, 0.05) is 7.05 Å². The van der Waals surface area contributed by atoms with Crippen molar-refractivity contribution < 1.29 is 9.84 Å². The fourth-order valence-corrected chi connectivity index (χ4v) is 2.36. The molecule has 0 aliphatic carbocycles. The molecule has 0 unspecified atom stereocenters. The van der Waals surface area contributed by atoms with Crippen LogP contribution in [-0.4, -0.2) is 14.7 Å². The number of aliphatic hydroxyl groups excluding tert-OH is 1. The summed E-state index contributed by atoms with van der Waals surface area (Å²) in [6.45, 7) is 2.43. The number of aliphatic hydroxyl groups is 1. The van der Waals surface area contributed by atoms with Crippen molar-refractivity contribution in [2.45, 2.75) is 20.1 Å². The van der Waals surface area contributed by atoms with Crippen molar-refractivity contribution >= 4 is 11.0 Å². The Bertz CT molecular complexity index is 763. The minimum absolute atomic E-state index is 0.0120. The Hall–Kier alpha value is -2.33. The number of aromatic nitrogens is 2. The van der Waals surface area contributed by atoms with Gasteiger partial charge in [-0.05, 0) is 30.2 Å². The van der Waals surface area contributed by atoms with Gasteiger partial charge in [-0.2, -0.15) is 0 Å². The van der Waals surface area contributed by atoms with E-state index in [0.717, 1.165) is 28.0 Å². The first-order valence-electron chi connectivity index (χ1n) is 6.92. The third-order valence-electron chi connectivity index (χ3n) is 3.65. The van der Waals surface area contributed by atoms with Gasteiger partial charge in [-0.15, -0.1) is 0 Å². The number of benzene rings is 2. The Kier molecular flexibility index (Phi) is 3.62. The predicted molar refractivity (Wildman–Crippen MR) is 82.1 cm³/mol. The molecule has 1 heterocycles. The largest absolute Gasteiger partial charge is 0.487 e. The first kappa shape index (κ1) is 13.6. The minimum Gasteiger partial charge on any atom is -0.487 e. The first-order valence-corrected chi connectivity index (χ1v) is 6.92. The molecule has 21 heavy (non-hydrogen) atoms. The molecule has 4 heteroatoms. The molecule has 0 aliphatic heterocycles. The Morgan fingerprint density at radius 2 is 1.90 bits per heavy atom. The molecule has 0 atom stereocenters. The van der Waals surface area contributed by atoms with Crippen LogP contribution in [0.25, 0.3) is 11.0 Å². The molecule has 3 rings (SSSR count). The maximum absolute atomic E-state index is 9.42. The molecule has 108 valence electrons. The lowest BCUT2D eigenvalue weighted by Crippen LogP contribution is -1.97. The van der Waals surface area contributed by atoms with Gasteiger partial charge in [0.05, 0.1) is 12.1 Å². The smallest absolute Gasteiger partial charge is 0.148 e. The molecular weight excluding hydrogens is 264 g/mol. The summed E-state index contributed by atoms with van der Waals surface area (Å²) < 4.78 is 7.93. The number of rotatable bonds is 4. The summed E-state index contributed by atoms with van der Waals surface area (Å²) in [6.07, 6.45) is 0. The highest BCUT2D eigenvalue weighted by Gasteiger charge is 2.12. The first-order chi connectivity index (χ1) is 10.2. The van der Waals surface area contributed by atoms with Crippen LogP contribution in [0.2, 0.25) is 0 Å². The topological polar surface area (TPSA) is 47.3 Å². The summed E-state index contributed by atoms with van der Waals surface area (Å²) in [5, 5.41) is 9.42. The summed E-state index contributed by atoms with van der Waals surface area (Å²) in [5.41, 5.74) is 3.74. The van der Waals surface area contributed by atoms with Gasteiger partial charge < -0.3 is 14.4 Å². The van der Waals surface area contributed by atoms with Crippen LogP contribution >= 0.6 is 0 Å². The minimum atomic E-state index is -0.0120. The average Bonchev–Trinajstić information content (AvgIpc) is 2.81. The number of fused-ring (bicyclic) bond motifs is 1. The summed E-state index contributed by atoms with van der Waals surface area (Å²) >= 11 is 0. The van der Waals surface area contributed by atoms with Crippen LogP contribution in [0.4, 0.5) is 0 Å². The van der Waals surface area contributed by atoms with Crippen LogP contribution in [0, 0.1) is 6.92 Å². The molecule has 1 N–H and O–H groups in total. The van der Waals surface area contributed by atoms with Crippen LogP contribution in [0.15, 0.2) is 42.5 Å². The highest BCUT2D eigenvalue weighted by molar-refractivity contribution is 5.83. The Balaban J connectivity index is 1.98. The second kappa shape index (κ2) is 5.58. The van der Waals surface area contributed by atoms with Crippen LogP contribution in [0.5, 0.6) is 5.75 Å². The van der Waals surface area contributed by atoms with Crippen molar-refractivity contribution in [1.82, 2.24) is 9.55 Å². The van der Waals surface area contributed by atoms with Crippen molar-refractivity contribution in [1.29, 1.82) is 0 Å². The maximum atomic E-state index is 9.42. The van der Waals surface area contributed by atoms with Crippen LogP contribution in [0.3, 0.4) is 0 Å². The van der Waals surface area contributed by atoms with Crippen LogP contribution in [-0.2, 0) is 20.3 Å². The number of hydrogen-bond acceptors (Lipinski definition) is 3. The lowest BCUT2D eigenvalue weighted by Gasteiger charge is -2.09. The van der Waals surface area contributed by atoms with Gasteiger partial charge in [-0.3, -0.25) is 0 Å².